The van der Waals surface area contributed by atoms with Gasteiger partial charge in [0.1, 0.15) is 18.6 Å². The predicted octanol–water partition coefficient (Wildman–Crippen LogP) is 1.83. The third-order valence-electron chi connectivity index (χ3n) is 5.73. The van der Waals surface area contributed by atoms with Gasteiger partial charge in [-0.15, -0.1) is 0 Å². The average molecular weight is 460 g/mol. The van der Waals surface area contributed by atoms with Gasteiger partial charge in [-0.3, -0.25) is 14.3 Å². The van der Waals surface area contributed by atoms with Crippen LogP contribution >= 0.6 is 0 Å². The zero-order valence-corrected chi connectivity index (χ0v) is 18.6. The molecule has 1 aliphatic heterocycles. The number of piperazine rings is 1. The largest absolute Gasteiger partial charge is 0.508 e. The third kappa shape index (κ3) is 4.27. The lowest BCUT2D eigenvalue weighted by molar-refractivity contribution is -0.138. The van der Waals surface area contributed by atoms with Crippen molar-refractivity contribution in [2.45, 2.75) is 0 Å². The minimum absolute atomic E-state index is 0.0290. The van der Waals surface area contributed by atoms with Gasteiger partial charge in [-0.1, -0.05) is 0 Å². The summed E-state index contributed by atoms with van der Waals surface area (Å²) < 4.78 is 6.63. The molecule has 0 radical (unpaired) electrons. The quantitative estimate of drug-likeness (QED) is 0.412. The molecule has 1 saturated heterocycles. The van der Waals surface area contributed by atoms with E-state index in [9.17, 15) is 9.90 Å². The molecule has 0 unspecified atom stereocenters. The van der Waals surface area contributed by atoms with Gasteiger partial charge in [0.05, 0.1) is 12.8 Å². The molecule has 34 heavy (non-hydrogen) atoms. The summed E-state index contributed by atoms with van der Waals surface area (Å²) in [4.78, 5) is 34.2. The zero-order chi connectivity index (χ0) is 23.5. The molecule has 4 aromatic rings. The normalized spacial score (nSPS) is 13.8. The third-order valence-corrected chi connectivity index (χ3v) is 5.73. The second kappa shape index (κ2) is 9.22. The molecule has 1 aromatic carbocycles. The Morgan fingerprint density at radius 3 is 2.41 bits per heavy atom. The van der Waals surface area contributed by atoms with Crippen molar-refractivity contribution in [2.75, 3.05) is 55.0 Å². The van der Waals surface area contributed by atoms with Crippen LogP contribution in [-0.2, 0) is 9.53 Å². The van der Waals surface area contributed by atoms with Gasteiger partial charge in [0.2, 0.25) is 5.95 Å². The van der Waals surface area contributed by atoms with E-state index in [1.165, 1.54) is 7.11 Å². The molecule has 0 spiro atoms. The van der Waals surface area contributed by atoms with E-state index in [0.717, 1.165) is 24.5 Å². The molecule has 0 amide bonds. The summed E-state index contributed by atoms with van der Waals surface area (Å²) in [5, 5.41) is 12.6. The molecule has 0 saturated carbocycles. The van der Waals surface area contributed by atoms with Gasteiger partial charge in [0, 0.05) is 44.3 Å². The van der Waals surface area contributed by atoms with E-state index in [1.54, 1.807) is 30.9 Å². The summed E-state index contributed by atoms with van der Waals surface area (Å²) in [7, 11) is 1.34. The number of hydrogen-bond acceptors (Lipinski definition) is 10. The van der Waals surface area contributed by atoms with Crippen molar-refractivity contribution in [2.24, 2.45) is 0 Å². The number of nitrogens with one attached hydrogen (secondary N) is 1. The maximum Gasteiger partial charge on any atom is 0.325 e. The van der Waals surface area contributed by atoms with Crippen molar-refractivity contribution >= 4 is 34.6 Å². The van der Waals surface area contributed by atoms with Crippen LogP contribution in [-0.4, -0.2) is 75.4 Å². The first-order chi connectivity index (χ1) is 16.6. The van der Waals surface area contributed by atoms with Crippen molar-refractivity contribution < 1.29 is 14.6 Å². The van der Waals surface area contributed by atoms with Gasteiger partial charge in [0.25, 0.3) is 0 Å². The first-order valence-corrected chi connectivity index (χ1v) is 10.9. The highest BCUT2D eigenvalue weighted by molar-refractivity contribution is 5.87. The van der Waals surface area contributed by atoms with Crippen LogP contribution in [0.4, 0.5) is 17.5 Å². The fraction of sp³-hybridized carbons (Fsp3) is 0.261. The molecule has 11 heteroatoms. The molecule has 0 aliphatic carbocycles. The Morgan fingerprint density at radius 1 is 1.00 bits per heavy atom. The van der Waals surface area contributed by atoms with Crippen LogP contribution in [0.15, 0.2) is 55.1 Å². The number of nitrogens with zero attached hydrogens (tertiary/aromatic N) is 7. The number of aromatic hydroxyl groups is 1. The minimum atomic E-state index is -0.399. The first kappa shape index (κ1) is 21.4. The van der Waals surface area contributed by atoms with Gasteiger partial charge < -0.3 is 25.0 Å². The second-order valence-electron chi connectivity index (χ2n) is 7.78. The second-order valence-corrected chi connectivity index (χ2v) is 7.78. The number of fused-ring (bicyclic) bond motifs is 1. The SMILES string of the molecule is COC(=O)CNc1nc(N2CCN(c3ccc(O)cc3)CC2)nc2c1ncn2-c1ccncc1. The van der Waals surface area contributed by atoms with Crippen molar-refractivity contribution in [3.63, 3.8) is 0 Å². The van der Waals surface area contributed by atoms with E-state index in [4.69, 9.17) is 14.7 Å². The Hall–Kier alpha value is -4.41. The molecular formula is C23H24N8O3. The van der Waals surface area contributed by atoms with Crippen LogP contribution < -0.4 is 15.1 Å². The van der Waals surface area contributed by atoms with Crippen LogP contribution in [0.5, 0.6) is 5.75 Å². The van der Waals surface area contributed by atoms with Gasteiger partial charge in [-0.2, -0.15) is 9.97 Å². The summed E-state index contributed by atoms with van der Waals surface area (Å²) >= 11 is 0. The molecule has 1 aliphatic rings. The molecule has 11 nitrogen and oxygen atoms in total. The summed E-state index contributed by atoms with van der Waals surface area (Å²) in [6.07, 6.45) is 5.11. The fourth-order valence-electron chi connectivity index (χ4n) is 3.90. The molecule has 0 bridgehead atoms. The number of methoxy groups -OCH3 is 1. The maximum absolute atomic E-state index is 11.7. The van der Waals surface area contributed by atoms with Crippen molar-refractivity contribution in [1.82, 2.24) is 24.5 Å². The Bertz CT molecular complexity index is 1290. The summed E-state index contributed by atoms with van der Waals surface area (Å²) in [6.45, 7) is 2.96. The number of carbonyl (C=O) groups excluding carboxylic acids is 1. The molecule has 2 N–H and O–H groups in total. The Kier molecular flexibility index (Phi) is 5.81. The molecule has 174 valence electrons. The summed E-state index contributed by atoms with van der Waals surface area (Å²) in [5.41, 5.74) is 3.12. The predicted molar refractivity (Wildman–Crippen MR) is 127 cm³/mol. The van der Waals surface area contributed by atoms with E-state index < -0.39 is 5.97 Å². The number of aromatic nitrogens is 5. The number of pyridine rings is 1. The Balaban J connectivity index is 1.45. The number of hydrogen-bond donors (Lipinski definition) is 2. The number of phenolic OH excluding ortho intramolecular Hbond substituents is 1. The number of imidazole rings is 1. The van der Waals surface area contributed by atoms with E-state index in [2.05, 4.69) is 25.1 Å². The molecular weight excluding hydrogens is 436 g/mol. The topological polar surface area (TPSA) is 122 Å². The van der Waals surface area contributed by atoms with Crippen LogP contribution in [0.25, 0.3) is 16.9 Å². The number of esters is 1. The van der Waals surface area contributed by atoms with E-state index >= 15 is 0 Å². The minimum Gasteiger partial charge on any atom is -0.508 e. The number of phenols is 1. The fourth-order valence-corrected chi connectivity index (χ4v) is 3.90. The van der Waals surface area contributed by atoms with Crippen molar-refractivity contribution in [3.05, 3.63) is 55.1 Å². The highest BCUT2D eigenvalue weighted by Gasteiger charge is 2.23. The van der Waals surface area contributed by atoms with Crippen LogP contribution in [0.1, 0.15) is 0 Å². The van der Waals surface area contributed by atoms with E-state index in [0.29, 0.717) is 36.0 Å². The molecule has 4 heterocycles. The average Bonchev–Trinajstić information content (AvgIpc) is 3.32. The van der Waals surface area contributed by atoms with Gasteiger partial charge in [-0.25, -0.2) is 4.98 Å². The Labute approximate surface area is 195 Å². The number of carbonyl (C=O) groups is 1. The highest BCUT2D eigenvalue weighted by atomic mass is 16.5. The maximum atomic E-state index is 11.7. The molecule has 1 fully saturated rings. The van der Waals surface area contributed by atoms with Gasteiger partial charge in [-0.05, 0) is 36.4 Å². The number of ether oxygens (including phenoxy) is 1. The Morgan fingerprint density at radius 2 is 1.71 bits per heavy atom. The van der Waals surface area contributed by atoms with Crippen molar-refractivity contribution in [3.8, 4) is 11.4 Å². The lowest BCUT2D eigenvalue weighted by Crippen LogP contribution is -2.47. The number of anilines is 3. The lowest BCUT2D eigenvalue weighted by atomic mass is 10.2. The monoisotopic (exact) mass is 460 g/mol. The van der Waals surface area contributed by atoms with E-state index in [1.807, 2.05) is 28.8 Å². The zero-order valence-electron chi connectivity index (χ0n) is 18.6. The summed E-state index contributed by atoms with van der Waals surface area (Å²) in [5.74, 6) is 0.881. The number of benzene rings is 1. The standard InChI is InChI=1S/C23H24N8O3/c1-34-19(33)14-25-21-20-22(31(15-26-20)17-6-8-24-9-7-17)28-23(27-21)30-12-10-29(11-13-30)16-2-4-18(32)5-3-16/h2-9,15,32H,10-14H2,1H3,(H,25,27,28). The molecule has 3 aromatic heterocycles. The van der Waals surface area contributed by atoms with Crippen LogP contribution in [0.2, 0.25) is 0 Å². The first-order valence-electron chi connectivity index (χ1n) is 10.9. The number of rotatable bonds is 6. The van der Waals surface area contributed by atoms with Crippen LogP contribution in [0, 0.1) is 0 Å². The van der Waals surface area contributed by atoms with Gasteiger partial charge >= 0.3 is 5.97 Å². The molecule has 5 rings (SSSR count). The summed E-state index contributed by atoms with van der Waals surface area (Å²) in [6, 6.07) is 11.0. The van der Waals surface area contributed by atoms with E-state index in [-0.39, 0.29) is 12.3 Å². The molecule has 0 atom stereocenters. The van der Waals surface area contributed by atoms with Gasteiger partial charge in [0.15, 0.2) is 17.0 Å². The van der Waals surface area contributed by atoms with Crippen LogP contribution in [0.3, 0.4) is 0 Å². The smallest absolute Gasteiger partial charge is 0.325 e. The lowest BCUT2D eigenvalue weighted by Gasteiger charge is -2.36. The highest BCUT2D eigenvalue weighted by Crippen LogP contribution is 2.26. The van der Waals surface area contributed by atoms with Crippen molar-refractivity contribution in [1.29, 1.82) is 0 Å².